The Bertz CT molecular complexity index is 711. The molecule has 4 nitrogen and oxygen atoms in total. The topological polar surface area (TPSA) is 50.5 Å². The van der Waals surface area contributed by atoms with E-state index >= 15 is 0 Å². The molecular formula is C13H13Br2NO3S. The minimum absolute atomic E-state index is 0.237. The molecule has 0 aliphatic carbocycles. The third-order valence-corrected chi connectivity index (χ3v) is 6.50. The van der Waals surface area contributed by atoms with Crippen LogP contribution in [0.1, 0.15) is 11.1 Å². The quantitative estimate of drug-likeness (QED) is 0.749. The Labute approximate surface area is 135 Å². The van der Waals surface area contributed by atoms with Crippen LogP contribution in [0, 0.1) is 6.92 Å². The highest BCUT2D eigenvalue weighted by Gasteiger charge is 2.24. The van der Waals surface area contributed by atoms with Crippen LogP contribution < -0.4 is 0 Å². The third kappa shape index (κ3) is 3.16. The van der Waals surface area contributed by atoms with E-state index in [0.717, 1.165) is 15.6 Å². The van der Waals surface area contributed by atoms with Crippen LogP contribution in [0.15, 0.2) is 49.0 Å². The van der Waals surface area contributed by atoms with Gasteiger partial charge in [0, 0.05) is 28.1 Å². The number of hydrogen-bond donors (Lipinski definition) is 0. The van der Waals surface area contributed by atoms with Crippen molar-refractivity contribution in [2.24, 2.45) is 0 Å². The molecule has 1 aromatic heterocycles. The van der Waals surface area contributed by atoms with Crippen LogP contribution in [0.4, 0.5) is 0 Å². The second kappa shape index (κ2) is 6.01. The van der Waals surface area contributed by atoms with Gasteiger partial charge in [0.15, 0.2) is 0 Å². The lowest BCUT2D eigenvalue weighted by Crippen LogP contribution is -2.26. The molecule has 0 saturated heterocycles. The molecule has 2 rings (SSSR count). The van der Waals surface area contributed by atoms with Crippen molar-refractivity contribution in [1.82, 2.24) is 4.31 Å². The van der Waals surface area contributed by atoms with Gasteiger partial charge in [0.1, 0.15) is 0 Å². The average molecular weight is 423 g/mol. The fourth-order valence-corrected chi connectivity index (χ4v) is 4.51. The molecule has 1 heterocycles. The highest BCUT2D eigenvalue weighted by atomic mass is 79.9. The van der Waals surface area contributed by atoms with Crippen molar-refractivity contribution in [2.45, 2.75) is 18.4 Å². The molecule has 1 aromatic carbocycles. The van der Waals surface area contributed by atoms with Gasteiger partial charge in [0.25, 0.3) is 0 Å². The van der Waals surface area contributed by atoms with E-state index in [9.17, 15) is 8.42 Å². The van der Waals surface area contributed by atoms with Crippen molar-refractivity contribution in [1.29, 1.82) is 0 Å². The van der Waals surface area contributed by atoms with E-state index in [1.54, 1.807) is 25.2 Å². The zero-order valence-corrected chi connectivity index (χ0v) is 14.9. The number of nitrogens with zero attached hydrogens (tertiary/aromatic N) is 1. The van der Waals surface area contributed by atoms with E-state index in [4.69, 9.17) is 4.42 Å². The molecule has 0 fully saturated rings. The SMILES string of the molecule is Cc1cc(Br)c(S(=O)(=O)N(C)Cc2ccoc2)cc1Br. The van der Waals surface area contributed by atoms with Crippen LogP contribution in [0.2, 0.25) is 0 Å². The summed E-state index contributed by atoms with van der Waals surface area (Å²) in [5.74, 6) is 0. The molecule has 20 heavy (non-hydrogen) atoms. The molecule has 0 unspecified atom stereocenters. The lowest BCUT2D eigenvalue weighted by atomic mass is 10.2. The van der Waals surface area contributed by atoms with Crippen molar-refractivity contribution in [3.05, 3.63) is 50.8 Å². The predicted molar refractivity (Wildman–Crippen MR) is 83.9 cm³/mol. The zero-order valence-electron chi connectivity index (χ0n) is 10.9. The maximum Gasteiger partial charge on any atom is 0.244 e. The van der Waals surface area contributed by atoms with Crippen molar-refractivity contribution in [2.75, 3.05) is 7.05 Å². The number of hydrogen-bond acceptors (Lipinski definition) is 3. The first-order valence-corrected chi connectivity index (χ1v) is 8.78. The van der Waals surface area contributed by atoms with E-state index in [1.807, 2.05) is 6.92 Å². The van der Waals surface area contributed by atoms with Gasteiger partial charge in [-0.05, 0) is 46.6 Å². The number of rotatable bonds is 4. The first-order chi connectivity index (χ1) is 9.32. The van der Waals surface area contributed by atoms with E-state index in [-0.39, 0.29) is 11.4 Å². The summed E-state index contributed by atoms with van der Waals surface area (Å²) >= 11 is 6.68. The molecule has 0 atom stereocenters. The first kappa shape index (κ1) is 15.8. The highest BCUT2D eigenvalue weighted by Crippen LogP contribution is 2.30. The molecule has 2 aromatic rings. The van der Waals surface area contributed by atoms with Gasteiger partial charge in [-0.3, -0.25) is 0 Å². The summed E-state index contributed by atoms with van der Waals surface area (Å²) in [6.07, 6.45) is 3.06. The van der Waals surface area contributed by atoms with Crippen LogP contribution in [0.25, 0.3) is 0 Å². The molecule has 0 aliphatic heterocycles. The minimum Gasteiger partial charge on any atom is -0.472 e. The summed E-state index contributed by atoms with van der Waals surface area (Å²) in [6.45, 7) is 2.16. The fourth-order valence-electron chi connectivity index (χ4n) is 1.72. The van der Waals surface area contributed by atoms with Gasteiger partial charge in [-0.25, -0.2) is 8.42 Å². The molecule has 7 heteroatoms. The summed E-state index contributed by atoms with van der Waals surface area (Å²) in [5, 5.41) is 0. The molecule has 0 aliphatic rings. The number of furan rings is 1. The van der Waals surface area contributed by atoms with E-state index in [1.165, 1.54) is 16.8 Å². The van der Waals surface area contributed by atoms with Gasteiger partial charge in [0.05, 0.1) is 17.4 Å². The number of halogens is 2. The maximum absolute atomic E-state index is 12.6. The Morgan fingerprint density at radius 3 is 2.55 bits per heavy atom. The largest absolute Gasteiger partial charge is 0.472 e. The molecule has 0 N–H and O–H groups in total. The highest BCUT2D eigenvalue weighted by molar-refractivity contribution is 9.11. The summed E-state index contributed by atoms with van der Waals surface area (Å²) in [7, 11) is -2.03. The molecule has 108 valence electrons. The zero-order chi connectivity index (χ0) is 14.9. The Hall–Kier alpha value is -0.630. The number of sulfonamides is 1. The van der Waals surface area contributed by atoms with E-state index < -0.39 is 10.0 Å². The van der Waals surface area contributed by atoms with Crippen molar-refractivity contribution < 1.29 is 12.8 Å². The average Bonchev–Trinajstić information content (AvgIpc) is 2.86. The van der Waals surface area contributed by atoms with E-state index in [2.05, 4.69) is 31.9 Å². The molecule has 0 radical (unpaired) electrons. The lowest BCUT2D eigenvalue weighted by molar-refractivity contribution is 0.463. The molecule has 0 spiro atoms. The summed E-state index contributed by atoms with van der Waals surface area (Å²) in [5.41, 5.74) is 1.77. The van der Waals surface area contributed by atoms with Crippen LogP contribution in [0.3, 0.4) is 0 Å². The Morgan fingerprint density at radius 2 is 1.95 bits per heavy atom. The standard InChI is InChI=1S/C13H13Br2NO3S/c1-9-5-12(15)13(6-11(9)14)20(17,18)16(2)7-10-3-4-19-8-10/h3-6,8H,7H2,1-2H3. The van der Waals surface area contributed by atoms with Crippen molar-refractivity contribution in [3.63, 3.8) is 0 Å². The first-order valence-electron chi connectivity index (χ1n) is 5.75. The van der Waals surface area contributed by atoms with Gasteiger partial charge < -0.3 is 4.42 Å². The molecule has 0 amide bonds. The van der Waals surface area contributed by atoms with Gasteiger partial charge in [-0.15, -0.1) is 0 Å². The normalized spacial score (nSPS) is 12.1. The summed E-state index contributed by atoms with van der Waals surface area (Å²) in [6, 6.07) is 5.13. The Balaban J connectivity index is 2.37. The van der Waals surface area contributed by atoms with Crippen LogP contribution in [0.5, 0.6) is 0 Å². The number of benzene rings is 1. The Kier molecular flexibility index (Phi) is 4.73. The lowest BCUT2D eigenvalue weighted by Gasteiger charge is -2.18. The number of aryl methyl sites for hydroxylation is 1. The van der Waals surface area contributed by atoms with Crippen molar-refractivity contribution in [3.8, 4) is 0 Å². The van der Waals surface area contributed by atoms with Gasteiger partial charge in [-0.2, -0.15) is 4.31 Å². The summed E-state index contributed by atoms with van der Waals surface area (Å²) < 4.78 is 32.7. The monoisotopic (exact) mass is 421 g/mol. The minimum atomic E-state index is -3.57. The molecule has 0 bridgehead atoms. The third-order valence-electron chi connectivity index (χ3n) is 2.89. The molecule has 0 saturated carbocycles. The van der Waals surface area contributed by atoms with E-state index in [0.29, 0.717) is 4.47 Å². The van der Waals surface area contributed by atoms with Crippen LogP contribution in [-0.2, 0) is 16.6 Å². The van der Waals surface area contributed by atoms with Gasteiger partial charge in [0.2, 0.25) is 10.0 Å². The second-order valence-electron chi connectivity index (χ2n) is 4.42. The fraction of sp³-hybridized carbons (Fsp3) is 0.231. The predicted octanol–water partition coefficient (Wildman–Crippen LogP) is 3.93. The summed E-state index contributed by atoms with van der Waals surface area (Å²) in [4.78, 5) is 0.237. The second-order valence-corrected chi connectivity index (χ2v) is 8.15. The maximum atomic E-state index is 12.6. The van der Waals surface area contributed by atoms with Gasteiger partial charge in [-0.1, -0.05) is 15.9 Å². The van der Waals surface area contributed by atoms with Crippen LogP contribution in [-0.4, -0.2) is 19.8 Å². The van der Waals surface area contributed by atoms with Gasteiger partial charge >= 0.3 is 0 Å². The van der Waals surface area contributed by atoms with Crippen molar-refractivity contribution >= 4 is 41.9 Å². The Morgan fingerprint density at radius 1 is 1.25 bits per heavy atom. The molecular weight excluding hydrogens is 410 g/mol. The van der Waals surface area contributed by atoms with Crippen LogP contribution >= 0.6 is 31.9 Å². The smallest absolute Gasteiger partial charge is 0.244 e.